The van der Waals surface area contributed by atoms with Gasteiger partial charge in [0.25, 0.3) is 0 Å². The Morgan fingerprint density at radius 3 is 2.31 bits per heavy atom. The highest BCUT2D eigenvalue weighted by Gasteiger charge is 2.39. The number of rotatable bonds is 2. The van der Waals surface area contributed by atoms with Gasteiger partial charge in [0, 0.05) is 0 Å². The summed E-state index contributed by atoms with van der Waals surface area (Å²) in [7, 11) is -3.05. The SMILES string of the molecule is O=S1(=O)C[C@@H](O)[C@@H]([NH2+]c2ccccc2)C1.[Cl-]. The molecule has 4 nitrogen and oxygen atoms in total. The van der Waals surface area contributed by atoms with E-state index in [0.29, 0.717) is 0 Å². The quantitative estimate of drug-likeness (QED) is 0.535. The van der Waals surface area contributed by atoms with E-state index < -0.39 is 15.9 Å². The van der Waals surface area contributed by atoms with Gasteiger partial charge in [-0.05, 0) is 12.1 Å². The van der Waals surface area contributed by atoms with E-state index in [0.717, 1.165) is 5.69 Å². The van der Waals surface area contributed by atoms with Crippen molar-refractivity contribution in [2.24, 2.45) is 0 Å². The summed E-state index contributed by atoms with van der Waals surface area (Å²) in [6.07, 6.45) is -0.754. The summed E-state index contributed by atoms with van der Waals surface area (Å²) in [5, 5.41) is 11.4. The van der Waals surface area contributed by atoms with Gasteiger partial charge in [-0.25, -0.2) is 8.42 Å². The highest BCUT2D eigenvalue weighted by Crippen LogP contribution is 2.10. The van der Waals surface area contributed by atoms with Gasteiger partial charge < -0.3 is 22.8 Å². The van der Waals surface area contributed by atoms with Crippen LogP contribution in [0.3, 0.4) is 0 Å². The highest BCUT2D eigenvalue weighted by molar-refractivity contribution is 7.91. The van der Waals surface area contributed by atoms with Crippen molar-refractivity contribution in [3.8, 4) is 0 Å². The van der Waals surface area contributed by atoms with E-state index in [4.69, 9.17) is 0 Å². The van der Waals surface area contributed by atoms with E-state index >= 15 is 0 Å². The molecule has 1 aliphatic heterocycles. The molecule has 1 fully saturated rings. The monoisotopic (exact) mass is 263 g/mol. The second kappa shape index (κ2) is 5.14. The lowest BCUT2D eigenvalue weighted by molar-refractivity contribution is -0.613. The molecule has 0 amide bonds. The van der Waals surface area contributed by atoms with Crippen molar-refractivity contribution in [2.45, 2.75) is 12.1 Å². The number of hydrogen-bond donors (Lipinski definition) is 2. The van der Waals surface area contributed by atoms with Gasteiger partial charge in [-0.15, -0.1) is 0 Å². The summed E-state index contributed by atoms with van der Waals surface area (Å²) >= 11 is 0. The van der Waals surface area contributed by atoms with Crippen molar-refractivity contribution in [3.05, 3.63) is 30.3 Å². The number of sulfone groups is 1. The average Bonchev–Trinajstić information content (AvgIpc) is 2.41. The molecule has 2 atom stereocenters. The van der Waals surface area contributed by atoms with Crippen molar-refractivity contribution in [3.63, 3.8) is 0 Å². The molecule has 0 aliphatic carbocycles. The van der Waals surface area contributed by atoms with E-state index in [-0.39, 0.29) is 30.0 Å². The normalized spacial score (nSPS) is 27.3. The molecule has 1 aromatic rings. The van der Waals surface area contributed by atoms with Crippen LogP contribution in [0, 0.1) is 0 Å². The van der Waals surface area contributed by atoms with Gasteiger partial charge in [0.15, 0.2) is 9.84 Å². The molecule has 1 heterocycles. The fraction of sp³-hybridized carbons (Fsp3) is 0.400. The van der Waals surface area contributed by atoms with Crippen LogP contribution in [0.4, 0.5) is 5.69 Å². The van der Waals surface area contributed by atoms with Gasteiger partial charge in [-0.2, -0.15) is 0 Å². The lowest BCUT2D eigenvalue weighted by Gasteiger charge is -2.10. The van der Waals surface area contributed by atoms with Crippen LogP contribution in [0.15, 0.2) is 30.3 Å². The molecule has 0 saturated carbocycles. The smallest absolute Gasteiger partial charge is 0.159 e. The van der Waals surface area contributed by atoms with E-state index in [1.807, 2.05) is 35.6 Å². The Hall–Kier alpha value is -0.620. The number of para-hydroxylation sites is 1. The van der Waals surface area contributed by atoms with Crippen molar-refractivity contribution < 1.29 is 31.2 Å². The molecular weight excluding hydrogens is 250 g/mol. The molecule has 1 saturated heterocycles. The Morgan fingerprint density at radius 1 is 1.19 bits per heavy atom. The summed E-state index contributed by atoms with van der Waals surface area (Å²) in [5.41, 5.74) is 0.957. The van der Waals surface area contributed by atoms with E-state index in [9.17, 15) is 13.5 Å². The van der Waals surface area contributed by atoms with Crippen molar-refractivity contribution >= 4 is 15.5 Å². The molecule has 2 rings (SSSR count). The van der Waals surface area contributed by atoms with Crippen LogP contribution < -0.4 is 17.7 Å². The van der Waals surface area contributed by atoms with Crippen LogP contribution in [0.5, 0.6) is 0 Å². The maximum atomic E-state index is 11.3. The zero-order chi connectivity index (χ0) is 10.9. The first-order chi connectivity index (χ1) is 7.07. The Bertz CT molecular complexity index is 435. The first-order valence-electron chi connectivity index (χ1n) is 4.85. The number of aliphatic hydroxyl groups excluding tert-OH is 1. The Labute approximate surface area is 101 Å². The maximum Gasteiger partial charge on any atom is 0.159 e. The lowest BCUT2D eigenvalue weighted by Crippen LogP contribution is -3.00. The highest BCUT2D eigenvalue weighted by atomic mass is 35.5. The molecule has 0 spiro atoms. The van der Waals surface area contributed by atoms with Gasteiger partial charge >= 0.3 is 0 Å². The minimum Gasteiger partial charge on any atom is -1.00 e. The maximum absolute atomic E-state index is 11.3. The zero-order valence-electron chi connectivity index (χ0n) is 8.58. The van der Waals surface area contributed by atoms with Crippen LogP contribution >= 0.6 is 0 Å². The lowest BCUT2D eigenvalue weighted by atomic mass is 10.2. The van der Waals surface area contributed by atoms with Crippen LogP contribution in [-0.2, 0) is 9.84 Å². The summed E-state index contributed by atoms with van der Waals surface area (Å²) in [5.74, 6) is -0.0515. The number of hydrogen-bond acceptors (Lipinski definition) is 3. The molecule has 0 unspecified atom stereocenters. The van der Waals surface area contributed by atoms with Gasteiger partial charge in [0.1, 0.15) is 23.6 Å². The molecule has 0 radical (unpaired) electrons. The minimum absolute atomic E-state index is 0. The minimum atomic E-state index is -3.05. The van der Waals surface area contributed by atoms with E-state index in [2.05, 4.69) is 0 Å². The summed E-state index contributed by atoms with van der Waals surface area (Å²) in [6.45, 7) is 0. The third kappa shape index (κ3) is 3.18. The fourth-order valence-corrected chi connectivity index (χ4v) is 3.64. The molecule has 6 heteroatoms. The topological polar surface area (TPSA) is 71.0 Å². The number of aliphatic hydroxyl groups is 1. The molecule has 16 heavy (non-hydrogen) atoms. The second-order valence-corrected chi connectivity index (χ2v) is 6.04. The van der Waals surface area contributed by atoms with Crippen LogP contribution in [0.25, 0.3) is 0 Å². The van der Waals surface area contributed by atoms with Crippen LogP contribution in [0.2, 0.25) is 0 Å². The molecule has 3 N–H and O–H groups in total. The van der Waals surface area contributed by atoms with Gasteiger partial charge in [0.2, 0.25) is 0 Å². The van der Waals surface area contributed by atoms with Crippen molar-refractivity contribution in [1.82, 2.24) is 0 Å². The number of quaternary nitrogens is 1. The molecule has 0 bridgehead atoms. The van der Waals surface area contributed by atoms with Gasteiger partial charge in [-0.1, -0.05) is 18.2 Å². The zero-order valence-corrected chi connectivity index (χ0v) is 10.2. The predicted octanol–water partition coefficient (Wildman–Crippen LogP) is -3.96. The Balaban J connectivity index is 0.00000128. The van der Waals surface area contributed by atoms with Crippen molar-refractivity contribution in [2.75, 3.05) is 11.5 Å². The van der Waals surface area contributed by atoms with Gasteiger partial charge in [-0.3, -0.25) is 0 Å². The van der Waals surface area contributed by atoms with Crippen LogP contribution in [-0.4, -0.2) is 37.2 Å². The predicted molar refractivity (Wildman–Crippen MR) is 56.5 cm³/mol. The number of nitrogens with two attached hydrogens (primary N) is 1. The average molecular weight is 264 g/mol. The first-order valence-corrected chi connectivity index (χ1v) is 6.67. The summed E-state index contributed by atoms with van der Waals surface area (Å²) < 4.78 is 22.5. The second-order valence-electron chi connectivity index (χ2n) is 3.89. The van der Waals surface area contributed by atoms with Gasteiger partial charge in [0.05, 0.1) is 5.75 Å². The molecule has 1 aliphatic rings. The fourth-order valence-electron chi connectivity index (χ4n) is 1.83. The number of halogens is 1. The van der Waals surface area contributed by atoms with E-state index in [1.165, 1.54) is 0 Å². The van der Waals surface area contributed by atoms with Crippen molar-refractivity contribution in [1.29, 1.82) is 0 Å². The molecule has 90 valence electrons. The van der Waals surface area contributed by atoms with Crippen LogP contribution in [0.1, 0.15) is 0 Å². The molecule has 0 aromatic heterocycles. The Kier molecular flexibility index (Phi) is 4.32. The summed E-state index contributed by atoms with van der Waals surface area (Å²) in [6, 6.07) is 9.22. The third-order valence-corrected chi connectivity index (χ3v) is 4.31. The molecular formula is C10H14ClNO3S. The third-order valence-electron chi connectivity index (χ3n) is 2.57. The van der Waals surface area contributed by atoms with E-state index in [1.54, 1.807) is 0 Å². The Morgan fingerprint density at radius 2 is 1.81 bits per heavy atom. The standard InChI is InChI=1S/C10H13NO3S.ClH/c12-10-7-15(13,14)6-9(10)11-8-4-2-1-3-5-8;/h1-5,9-12H,6-7H2;1H/t9-,10+;/m0./s1. The summed E-state index contributed by atoms with van der Waals surface area (Å²) in [4.78, 5) is 0. The first kappa shape index (κ1) is 13.4. The largest absolute Gasteiger partial charge is 1.00 e. The number of benzene rings is 1. The molecule has 1 aromatic carbocycles.